The Labute approximate surface area is 169 Å². The fourth-order valence-corrected chi connectivity index (χ4v) is 3.66. The highest BCUT2D eigenvalue weighted by molar-refractivity contribution is 7.92. The van der Waals surface area contributed by atoms with Gasteiger partial charge in [-0.25, -0.2) is 13.2 Å². The number of benzene rings is 2. The maximum Gasteiger partial charge on any atom is 0.339 e. The first-order valence-corrected chi connectivity index (χ1v) is 10.6. The summed E-state index contributed by atoms with van der Waals surface area (Å²) >= 11 is 0. The number of carbonyl (C=O) groups excluding carboxylic acids is 2. The van der Waals surface area contributed by atoms with Crippen LogP contribution in [-0.2, 0) is 26.0 Å². The summed E-state index contributed by atoms with van der Waals surface area (Å²) in [6, 6.07) is 11.5. The molecule has 1 atom stereocenters. The summed E-state index contributed by atoms with van der Waals surface area (Å²) < 4.78 is 36.7. The molecule has 3 rings (SSSR count). The fraction of sp³-hybridized carbons (Fsp3) is 0.300. The van der Waals surface area contributed by atoms with Crippen molar-refractivity contribution in [1.29, 1.82) is 0 Å². The molecule has 1 heterocycles. The van der Waals surface area contributed by atoms with Gasteiger partial charge >= 0.3 is 5.97 Å². The number of ether oxygens (including phenoxy) is 2. The Morgan fingerprint density at radius 3 is 2.66 bits per heavy atom. The van der Waals surface area contributed by atoms with Gasteiger partial charge in [-0.05, 0) is 37.6 Å². The predicted molar refractivity (Wildman–Crippen MR) is 109 cm³/mol. The van der Waals surface area contributed by atoms with Gasteiger partial charge in [0, 0.05) is 18.2 Å². The molecule has 1 amide bonds. The third-order valence-corrected chi connectivity index (χ3v) is 5.96. The van der Waals surface area contributed by atoms with Crippen LogP contribution in [0.25, 0.3) is 0 Å². The standard InChI is InChI=1S/C20H22N2O6S/c1-4-29(25,26)22-16-10-9-14(11-17(16)27-3)21-19(24)20(2)12-13-7-5-6-8-15(13)18(23)28-20/h5-11,22H,4,12H2,1-3H3,(H,21,24). The summed E-state index contributed by atoms with van der Waals surface area (Å²) in [4.78, 5) is 25.1. The molecule has 9 heteroatoms. The normalized spacial score (nSPS) is 18.4. The number of esters is 1. The number of hydrogen-bond acceptors (Lipinski definition) is 6. The van der Waals surface area contributed by atoms with Crippen molar-refractivity contribution in [3.8, 4) is 5.75 Å². The number of amides is 1. The second-order valence-electron chi connectivity index (χ2n) is 6.83. The Hall–Kier alpha value is -3.07. The van der Waals surface area contributed by atoms with E-state index in [1.807, 2.05) is 0 Å². The van der Waals surface area contributed by atoms with Crippen molar-refractivity contribution >= 4 is 33.3 Å². The minimum atomic E-state index is -3.48. The molecule has 0 bridgehead atoms. The molecule has 0 aliphatic carbocycles. The highest BCUT2D eigenvalue weighted by Crippen LogP contribution is 2.32. The number of anilines is 2. The van der Waals surface area contributed by atoms with E-state index >= 15 is 0 Å². The highest BCUT2D eigenvalue weighted by atomic mass is 32.2. The monoisotopic (exact) mass is 418 g/mol. The molecule has 154 valence electrons. The van der Waals surface area contributed by atoms with E-state index in [9.17, 15) is 18.0 Å². The third kappa shape index (κ3) is 4.34. The largest absolute Gasteiger partial charge is 0.494 e. The Morgan fingerprint density at radius 2 is 1.97 bits per heavy atom. The lowest BCUT2D eigenvalue weighted by molar-refractivity contribution is -0.134. The number of hydrogen-bond donors (Lipinski definition) is 2. The lowest BCUT2D eigenvalue weighted by Gasteiger charge is -2.33. The second kappa shape index (κ2) is 7.75. The third-order valence-electron chi connectivity index (χ3n) is 4.67. The van der Waals surface area contributed by atoms with Crippen LogP contribution in [-0.4, -0.2) is 38.8 Å². The Morgan fingerprint density at radius 1 is 1.24 bits per heavy atom. The topological polar surface area (TPSA) is 111 Å². The zero-order chi connectivity index (χ0) is 21.2. The maximum absolute atomic E-state index is 12.9. The van der Waals surface area contributed by atoms with Crippen LogP contribution in [0, 0.1) is 0 Å². The Kier molecular flexibility index (Phi) is 5.52. The molecule has 1 unspecified atom stereocenters. The van der Waals surface area contributed by atoms with E-state index in [0.29, 0.717) is 11.3 Å². The summed E-state index contributed by atoms with van der Waals surface area (Å²) in [7, 11) is -2.08. The molecule has 0 saturated heterocycles. The number of cyclic esters (lactones) is 1. The molecule has 8 nitrogen and oxygen atoms in total. The quantitative estimate of drug-likeness (QED) is 0.698. The molecule has 0 radical (unpaired) electrons. The van der Waals surface area contributed by atoms with Crippen molar-refractivity contribution < 1.29 is 27.5 Å². The maximum atomic E-state index is 12.9. The van der Waals surface area contributed by atoms with E-state index in [0.717, 1.165) is 5.56 Å². The molecule has 1 aliphatic heterocycles. The van der Waals surface area contributed by atoms with Crippen LogP contribution in [0.3, 0.4) is 0 Å². The van der Waals surface area contributed by atoms with Crippen LogP contribution in [0.2, 0.25) is 0 Å². The SMILES string of the molecule is CCS(=O)(=O)Nc1ccc(NC(=O)C2(C)Cc3ccccc3C(=O)O2)cc1OC. The lowest BCUT2D eigenvalue weighted by atomic mass is 9.89. The number of rotatable bonds is 6. The van der Waals surface area contributed by atoms with Crippen molar-refractivity contribution in [3.05, 3.63) is 53.6 Å². The van der Waals surface area contributed by atoms with Gasteiger partial charge in [-0.2, -0.15) is 0 Å². The zero-order valence-corrected chi connectivity index (χ0v) is 17.1. The van der Waals surface area contributed by atoms with Crippen LogP contribution < -0.4 is 14.8 Å². The molecule has 2 aromatic carbocycles. The van der Waals surface area contributed by atoms with Gasteiger partial charge in [0.25, 0.3) is 5.91 Å². The first-order valence-electron chi connectivity index (χ1n) is 8.98. The summed E-state index contributed by atoms with van der Waals surface area (Å²) in [5, 5.41) is 2.71. The van der Waals surface area contributed by atoms with Crippen molar-refractivity contribution in [2.24, 2.45) is 0 Å². The van der Waals surface area contributed by atoms with E-state index in [1.165, 1.54) is 32.2 Å². The Bertz CT molecular complexity index is 1070. The van der Waals surface area contributed by atoms with Crippen LogP contribution in [0.4, 0.5) is 11.4 Å². The summed E-state index contributed by atoms with van der Waals surface area (Å²) in [6.45, 7) is 3.07. The van der Waals surface area contributed by atoms with Gasteiger partial charge in [-0.3, -0.25) is 9.52 Å². The minimum absolute atomic E-state index is 0.0835. The highest BCUT2D eigenvalue weighted by Gasteiger charge is 2.42. The predicted octanol–water partition coefficient (Wildman–Crippen LogP) is 2.57. The van der Waals surface area contributed by atoms with Crippen molar-refractivity contribution in [1.82, 2.24) is 0 Å². The summed E-state index contributed by atoms with van der Waals surface area (Å²) in [6.07, 6.45) is 0.242. The van der Waals surface area contributed by atoms with Crippen molar-refractivity contribution in [2.45, 2.75) is 25.9 Å². The van der Waals surface area contributed by atoms with Crippen LogP contribution in [0.5, 0.6) is 5.75 Å². The van der Waals surface area contributed by atoms with Crippen LogP contribution in [0.15, 0.2) is 42.5 Å². The summed E-state index contributed by atoms with van der Waals surface area (Å²) in [5.41, 5.74) is 0.454. The second-order valence-corrected chi connectivity index (χ2v) is 8.84. The van der Waals surface area contributed by atoms with E-state index < -0.39 is 27.5 Å². The van der Waals surface area contributed by atoms with E-state index in [1.54, 1.807) is 31.2 Å². The van der Waals surface area contributed by atoms with Gasteiger partial charge in [-0.1, -0.05) is 18.2 Å². The number of nitrogens with one attached hydrogen (secondary N) is 2. The number of methoxy groups -OCH3 is 1. The molecule has 2 N–H and O–H groups in total. The average Bonchev–Trinajstić information content (AvgIpc) is 2.68. The molecule has 0 saturated carbocycles. The average molecular weight is 418 g/mol. The van der Waals surface area contributed by atoms with Gasteiger partial charge in [0.15, 0.2) is 5.60 Å². The first kappa shape index (κ1) is 20.7. The Balaban J connectivity index is 1.81. The van der Waals surface area contributed by atoms with Gasteiger partial charge in [0.2, 0.25) is 10.0 Å². The van der Waals surface area contributed by atoms with E-state index in [2.05, 4.69) is 10.0 Å². The van der Waals surface area contributed by atoms with Crippen molar-refractivity contribution in [3.63, 3.8) is 0 Å². The number of fused-ring (bicyclic) bond motifs is 1. The molecule has 1 aliphatic rings. The summed E-state index contributed by atoms with van der Waals surface area (Å²) in [5.74, 6) is -0.883. The molecule has 29 heavy (non-hydrogen) atoms. The molecular formula is C20H22N2O6S. The van der Waals surface area contributed by atoms with Gasteiger partial charge < -0.3 is 14.8 Å². The van der Waals surface area contributed by atoms with E-state index in [-0.39, 0.29) is 23.6 Å². The van der Waals surface area contributed by atoms with Crippen LogP contribution in [0.1, 0.15) is 29.8 Å². The molecule has 2 aromatic rings. The van der Waals surface area contributed by atoms with E-state index in [4.69, 9.17) is 9.47 Å². The van der Waals surface area contributed by atoms with Crippen molar-refractivity contribution in [2.75, 3.05) is 22.9 Å². The fourth-order valence-electron chi connectivity index (χ4n) is 3.02. The zero-order valence-electron chi connectivity index (χ0n) is 16.3. The molecule has 0 aromatic heterocycles. The van der Waals surface area contributed by atoms with Gasteiger partial charge in [0.05, 0.1) is 24.1 Å². The molecule has 0 spiro atoms. The molecule has 0 fully saturated rings. The van der Waals surface area contributed by atoms with Gasteiger partial charge in [0.1, 0.15) is 5.75 Å². The number of sulfonamides is 1. The molecular weight excluding hydrogens is 396 g/mol. The lowest BCUT2D eigenvalue weighted by Crippen LogP contribution is -2.48. The smallest absolute Gasteiger partial charge is 0.339 e. The van der Waals surface area contributed by atoms with Gasteiger partial charge in [-0.15, -0.1) is 0 Å². The minimum Gasteiger partial charge on any atom is -0.494 e. The number of carbonyl (C=O) groups is 2. The first-order chi connectivity index (χ1) is 13.7. The van der Waals surface area contributed by atoms with Crippen LogP contribution >= 0.6 is 0 Å².